The molecule has 1 atom stereocenters. The number of carboxylic acids is 1. The van der Waals surface area contributed by atoms with E-state index in [-0.39, 0.29) is 18.9 Å². The van der Waals surface area contributed by atoms with Crippen LogP contribution in [0.5, 0.6) is 0 Å². The van der Waals surface area contributed by atoms with Gasteiger partial charge in [-0.05, 0) is 6.07 Å². The fourth-order valence-corrected chi connectivity index (χ4v) is 3.70. The number of hydrogen-bond acceptors (Lipinski definition) is 7. The van der Waals surface area contributed by atoms with Crippen LogP contribution >= 0.6 is 0 Å². The lowest BCUT2D eigenvalue weighted by atomic mass is 10.1. The molecule has 1 aromatic carbocycles. The number of fused-ring (bicyclic) bond motifs is 1. The Bertz CT molecular complexity index is 1180. The number of alkyl halides is 1. The third kappa shape index (κ3) is 3.92. The molecule has 1 aliphatic rings. The van der Waals surface area contributed by atoms with E-state index < -0.39 is 64.3 Å². The lowest BCUT2D eigenvalue weighted by Gasteiger charge is -2.21. The number of aryl methyl sites for hydroxylation is 1. The predicted octanol–water partition coefficient (Wildman–Crippen LogP) is 1.30. The van der Waals surface area contributed by atoms with E-state index in [1.165, 1.54) is 19.1 Å². The van der Waals surface area contributed by atoms with Crippen molar-refractivity contribution in [2.45, 2.75) is 6.54 Å². The van der Waals surface area contributed by atoms with Crippen molar-refractivity contribution in [2.75, 3.05) is 38.9 Å². The van der Waals surface area contributed by atoms with Crippen molar-refractivity contribution in [1.29, 1.82) is 0 Å². The van der Waals surface area contributed by atoms with Gasteiger partial charge in [0.05, 0.1) is 35.6 Å². The molecule has 1 aromatic heterocycles. The number of benzene rings is 1. The van der Waals surface area contributed by atoms with Gasteiger partial charge in [-0.2, -0.15) is 0 Å². The van der Waals surface area contributed by atoms with Crippen molar-refractivity contribution in [3.63, 3.8) is 0 Å². The van der Waals surface area contributed by atoms with Crippen molar-refractivity contribution in [1.82, 2.24) is 4.57 Å². The van der Waals surface area contributed by atoms with Crippen LogP contribution < -0.4 is 16.1 Å². The number of nitrogens with two attached hydrogens (primary N) is 1. The summed E-state index contributed by atoms with van der Waals surface area (Å²) in [6.45, 7) is -1.53. The normalized spacial score (nSPS) is 17.9. The average molecular weight is 455 g/mol. The van der Waals surface area contributed by atoms with Gasteiger partial charge in [0, 0.05) is 12.7 Å². The van der Waals surface area contributed by atoms with Crippen LogP contribution in [0.3, 0.4) is 0 Å². The molecule has 0 aliphatic carbocycles. The van der Waals surface area contributed by atoms with E-state index in [0.29, 0.717) is 5.71 Å². The highest BCUT2D eigenvalue weighted by atomic mass is 19.1. The SMILES string of the molecule is CO/N=C1\CN(c2c(F)cc3c(=O)c(C(=O)O)cn(CCF)c3c2F)CC1/C(N)=N\OC. The monoisotopic (exact) mass is 455 g/mol. The van der Waals surface area contributed by atoms with Gasteiger partial charge in [-0.25, -0.2) is 18.0 Å². The summed E-state index contributed by atoms with van der Waals surface area (Å²) in [6, 6.07) is 0.740. The Morgan fingerprint density at radius 2 is 2.06 bits per heavy atom. The van der Waals surface area contributed by atoms with Crippen LogP contribution in [-0.4, -0.2) is 61.2 Å². The lowest BCUT2D eigenvalue weighted by Crippen LogP contribution is -2.31. The number of nitrogens with zero attached hydrogens (tertiary/aromatic N) is 4. The van der Waals surface area contributed by atoms with Gasteiger partial charge in [-0.1, -0.05) is 10.3 Å². The Balaban J connectivity index is 2.22. The Labute approximate surface area is 179 Å². The summed E-state index contributed by atoms with van der Waals surface area (Å²) < 4.78 is 44.7. The van der Waals surface area contributed by atoms with Gasteiger partial charge in [0.15, 0.2) is 5.82 Å². The van der Waals surface area contributed by atoms with Crippen LogP contribution in [-0.2, 0) is 16.2 Å². The van der Waals surface area contributed by atoms with E-state index >= 15 is 8.78 Å². The average Bonchev–Trinajstić information content (AvgIpc) is 3.14. The van der Waals surface area contributed by atoms with Crippen molar-refractivity contribution in [3.8, 4) is 0 Å². The molecule has 1 fully saturated rings. The van der Waals surface area contributed by atoms with Crippen molar-refractivity contribution in [2.24, 2.45) is 22.0 Å². The first kappa shape index (κ1) is 22.9. The van der Waals surface area contributed by atoms with Crippen molar-refractivity contribution >= 4 is 34.1 Å². The molecule has 10 nitrogen and oxygen atoms in total. The predicted molar refractivity (Wildman–Crippen MR) is 110 cm³/mol. The highest BCUT2D eigenvalue weighted by Gasteiger charge is 2.36. The fourth-order valence-electron chi connectivity index (χ4n) is 3.70. The smallest absolute Gasteiger partial charge is 0.341 e. The Kier molecular flexibility index (Phi) is 6.55. The first-order chi connectivity index (χ1) is 15.2. The van der Waals surface area contributed by atoms with Gasteiger partial charge in [0.1, 0.15) is 43.8 Å². The Hall–Kier alpha value is -3.77. The number of carboxylic acid groups (broad SMARTS) is 1. The van der Waals surface area contributed by atoms with E-state index in [1.807, 2.05) is 0 Å². The molecule has 1 saturated heterocycles. The summed E-state index contributed by atoms with van der Waals surface area (Å²) in [7, 11) is 2.58. The molecule has 0 radical (unpaired) electrons. The van der Waals surface area contributed by atoms with Crippen LogP contribution in [0.15, 0.2) is 27.4 Å². The van der Waals surface area contributed by atoms with Crippen LogP contribution in [0.1, 0.15) is 10.4 Å². The molecular formula is C19H20F3N5O5. The Morgan fingerprint density at radius 1 is 1.34 bits per heavy atom. The number of hydrogen-bond donors (Lipinski definition) is 2. The maximum atomic E-state index is 15.6. The first-order valence-corrected chi connectivity index (χ1v) is 9.30. The molecule has 0 spiro atoms. The zero-order chi connectivity index (χ0) is 23.6. The minimum absolute atomic E-state index is 0.00726. The molecule has 0 saturated carbocycles. The molecule has 0 bridgehead atoms. The molecule has 13 heteroatoms. The number of aromatic nitrogens is 1. The Morgan fingerprint density at radius 3 is 2.66 bits per heavy atom. The third-order valence-electron chi connectivity index (χ3n) is 5.02. The number of amidine groups is 1. The standard InChI is InChI=1S/C19H20F3N5O5/c1-31-24-13-8-27(6-10(13)18(23)25-32-2)16-12(21)5-9-15(14(16)22)26(4-3-20)7-11(17(9)28)19(29)30/h5,7,10H,3-4,6,8H2,1-2H3,(H2,23,25)(H,29,30)/b24-13+. The molecule has 2 aromatic rings. The molecular weight excluding hydrogens is 435 g/mol. The minimum Gasteiger partial charge on any atom is -0.477 e. The molecule has 172 valence electrons. The summed E-state index contributed by atoms with van der Waals surface area (Å²) in [5.41, 5.74) is 3.47. The van der Waals surface area contributed by atoms with Gasteiger partial charge < -0.3 is 30.0 Å². The third-order valence-corrected chi connectivity index (χ3v) is 5.02. The quantitative estimate of drug-likeness (QED) is 0.365. The number of pyridine rings is 1. The van der Waals surface area contributed by atoms with E-state index in [0.717, 1.165) is 16.8 Å². The van der Waals surface area contributed by atoms with E-state index in [4.69, 9.17) is 10.6 Å². The fraction of sp³-hybridized carbons (Fsp3) is 0.368. The van der Waals surface area contributed by atoms with Gasteiger partial charge in [0.2, 0.25) is 5.43 Å². The molecule has 32 heavy (non-hydrogen) atoms. The van der Waals surface area contributed by atoms with Gasteiger partial charge in [-0.3, -0.25) is 4.79 Å². The number of oxime groups is 2. The molecule has 2 heterocycles. The van der Waals surface area contributed by atoms with Gasteiger partial charge >= 0.3 is 5.97 Å². The van der Waals surface area contributed by atoms with Crippen LogP contribution in [0.4, 0.5) is 18.9 Å². The van der Waals surface area contributed by atoms with Crippen molar-refractivity contribution < 1.29 is 32.7 Å². The number of aromatic carboxylic acids is 1. The van der Waals surface area contributed by atoms with Gasteiger partial charge in [0.25, 0.3) is 0 Å². The molecule has 0 amide bonds. The topological polar surface area (TPSA) is 132 Å². The number of carbonyl (C=O) groups is 1. The number of anilines is 1. The van der Waals surface area contributed by atoms with Crippen LogP contribution in [0, 0.1) is 17.6 Å². The maximum absolute atomic E-state index is 15.6. The van der Waals surface area contributed by atoms with E-state index in [2.05, 4.69) is 15.1 Å². The largest absolute Gasteiger partial charge is 0.477 e. The summed E-state index contributed by atoms with van der Waals surface area (Å²) in [4.78, 5) is 34.6. The van der Waals surface area contributed by atoms with Crippen LogP contribution in [0.2, 0.25) is 0 Å². The lowest BCUT2D eigenvalue weighted by molar-refractivity contribution is 0.0694. The van der Waals surface area contributed by atoms with E-state index in [1.54, 1.807) is 0 Å². The van der Waals surface area contributed by atoms with Gasteiger partial charge in [-0.15, -0.1) is 0 Å². The molecule has 3 rings (SSSR count). The number of halogens is 3. The highest BCUT2D eigenvalue weighted by molar-refractivity contribution is 6.10. The summed E-state index contributed by atoms with van der Waals surface area (Å²) in [5.74, 6) is -4.52. The second-order valence-electron chi connectivity index (χ2n) is 6.87. The second kappa shape index (κ2) is 9.16. The summed E-state index contributed by atoms with van der Waals surface area (Å²) >= 11 is 0. The molecule has 1 unspecified atom stereocenters. The molecule has 3 N–H and O–H groups in total. The zero-order valence-corrected chi connectivity index (χ0v) is 17.1. The molecule has 1 aliphatic heterocycles. The van der Waals surface area contributed by atoms with E-state index in [9.17, 15) is 19.1 Å². The zero-order valence-electron chi connectivity index (χ0n) is 17.1. The van der Waals surface area contributed by atoms with Crippen molar-refractivity contribution in [3.05, 3.63) is 39.7 Å². The first-order valence-electron chi connectivity index (χ1n) is 9.30. The second-order valence-corrected chi connectivity index (χ2v) is 6.87. The summed E-state index contributed by atoms with van der Waals surface area (Å²) in [5, 5.41) is 16.2. The summed E-state index contributed by atoms with van der Waals surface area (Å²) in [6.07, 6.45) is 0.838. The minimum atomic E-state index is -1.59. The highest BCUT2D eigenvalue weighted by Crippen LogP contribution is 2.33. The van der Waals surface area contributed by atoms with Crippen LogP contribution in [0.25, 0.3) is 10.9 Å². The number of rotatable bonds is 7. The maximum Gasteiger partial charge on any atom is 0.341 e.